The number of halogens is 1. The molecule has 2 unspecified atom stereocenters. The Morgan fingerprint density at radius 1 is 1.50 bits per heavy atom. The second-order valence-corrected chi connectivity index (χ2v) is 5.31. The Labute approximate surface area is 124 Å². The number of hydrogen-bond acceptors (Lipinski definition) is 2. The average molecular weight is 292 g/mol. The van der Waals surface area contributed by atoms with E-state index in [-0.39, 0.29) is 5.91 Å². The van der Waals surface area contributed by atoms with E-state index in [0.717, 1.165) is 6.42 Å². The Morgan fingerprint density at radius 3 is 2.85 bits per heavy atom. The summed E-state index contributed by atoms with van der Waals surface area (Å²) in [5, 5.41) is 13.8. The molecule has 0 saturated heterocycles. The molecule has 0 aromatic heterocycles. The zero-order valence-corrected chi connectivity index (χ0v) is 12.1. The fourth-order valence-electron chi connectivity index (χ4n) is 2.39. The molecule has 4 heteroatoms. The van der Waals surface area contributed by atoms with Crippen LogP contribution >= 0.6 is 11.6 Å². The predicted molar refractivity (Wildman–Crippen MR) is 81.7 cm³/mol. The van der Waals surface area contributed by atoms with Gasteiger partial charge in [-0.2, -0.15) is 0 Å². The maximum Gasteiger partial charge on any atom is 0.234 e. The zero-order valence-electron chi connectivity index (χ0n) is 11.3. The monoisotopic (exact) mass is 291 g/mol. The van der Waals surface area contributed by atoms with Crippen molar-refractivity contribution in [3.8, 4) is 0 Å². The van der Waals surface area contributed by atoms with Gasteiger partial charge in [0.1, 0.15) is 0 Å². The number of nitrogens with one attached hydrogen (secondary N) is 1. The third-order valence-corrected chi connectivity index (χ3v) is 3.79. The highest BCUT2D eigenvalue weighted by atomic mass is 35.5. The van der Waals surface area contributed by atoms with E-state index in [1.54, 1.807) is 42.5 Å². The Balaban J connectivity index is 2.20. The number of carbonyl (C=O) groups excluding carboxylic acids is 1. The second kappa shape index (κ2) is 6.25. The quantitative estimate of drug-likeness (QED) is 0.834. The van der Waals surface area contributed by atoms with Gasteiger partial charge in [-0.3, -0.25) is 4.79 Å². The number of anilines is 1. The van der Waals surface area contributed by atoms with Crippen LogP contribution in [-0.4, -0.2) is 16.6 Å². The lowest BCUT2D eigenvalue weighted by Crippen LogP contribution is -2.40. The highest BCUT2D eigenvalue weighted by Gasteiger charge is 2.39. The molecule has 0 heterocycles. The van der Waals surface area contributed by atoms with Gasteiger partial charge in [-0.05, 0) is 31.9 Å². The van der Waals surface area contributed by atoms with Crippen molar-refractivity contribution in [1.82, 2.24) is 0 Å². The van der Waals surface area contributed by atoms with Gasteiger partial charge in [0.2, 0.25) is 5.91 Å². The minimum atomic E-state index is -1.11. The number of allylic oxidation sites excluding steroid dienone is 2. The number of carbonyl (C=O) groups is 1. The van der Waals surface area contributed by atoms with Gasteiger partial charge in [0.15, 0.2) is 0 Å². The molecular formula is C16H18ClNO2. The first kappa shape index (κ1) is 14.8. The number of para-hydroxylation sites is 1. The number of amides is 1. The molecule has 0 fully saturated rings. The zero-order chi connectivity index (χ0) is 14.6. The first-order valence-electron chi connectivity index (χ1n) is 6.65. The van der Waals surface area contributed by atoms with E-state index in [0.29, 0.717) is 17.1 Å². The van der Waals surface area contributed by atoms with Gasteiger partial charge in [0.05, 0.1) is 22.2 Å². The van der Waals surface area contributed by atoms with Gasteiger partial charge in [0, 0.05) is 0 Å². The molecule has 1 aliphatic carbocycles. The summed E-state index contributed by atoms with van der Waals surface area (Å²) in [6.45, 7) is 1.83. The average Bonchev–Trinajstić information content (AvgIpc) is 2.86. The van der Waals surface area contributed by atoms with Crippen molar-refractivity contribution in [2.24, 2.45) is 5.92 Å². The molecule has 0 spiro atoms. The van der Waals surface area contributed by atoms with E-state index in [2.05, 4.69) is 5.32 Å². The Bertz CT molecular complexity index is 553. The number of hydrogen-bond donors (Lipinski definition) is 2. The molecule has 106 valence electrons. The molecular weight excluding hydrogens is 274 g/mol. The van der Waals surface area contributed by atoms with E-state index in [1.165, 1.54) is 0 Å². The van der Waals surface area contributed by atoms with Crippen LogP contribution in [0.15, 0.2) is 48.6 Å². The van der Waals surface area contributed by atoms with Crippen LogP contribution in [0.3, 0.4) is 0 Å². The van der Waals surface area contributed by atoms with Crippen molar-refractivity contribution in [2.45, 2.75) is 25.4 Å². The summed E-state index contributed by atoms with van der Waals surface area (Å²) in [5.41, 5.74) is -0.558. The smallest absolute Gasteiger partial charge is 0.234 e. The molecule has 1 aromatic rings. The molecule has 0 bridgehead atoms. The van der Waals surface area contributed by atoms with Gasteiger partial charge >= 0.3 is 0 Å². The van der Waals surface area contributed by atoms with Crippen LogP contribution in [0.4, 0.5) is 5.69 Å². The normalized spacial score (nSPS) is 23.1. The van der Waals surface area contributed by atoms with E-state index in [1.807, 2.05) is 13.0 Å². The minimum Gasteiger partial charge on any atom is -0.385 e. The van der Waals surface area contributed by atoms with Gasteiger partial charge in [-0.15, -0.1) is 0 Å². The van der Waals surface area contributed by atoms with Crippen LogP contribution < -0.4 is 5.32 Å². The van der Waals surface area contributed by atoms with Crippen LogP contribution in [0.25, 0.3) is 0 Å². The van der Waals surface area contributed by atoms with E-state index in [9.17, 15) is 9.90 Å². The topological polar surface area (TPSA) is 49.3 Å². The van der Waals surface area contributed by atoms with Crippen molar-refractivity contribution < 1.29 is 9.90 Å². The molecule has 1 amide bonds. The van der Waals surface area contributed by atoms with Crippen LogP contribution in [0.1, 0.15) is 19.8 Å². The molecule has 0 aliphatic heterocycles. The van der Waals surface area contributed by atoms with Gasteiger partial charge < -0.3 is 10.4 Å². The van der Waals surface area contributed by atoms with E-state index in [4.69, 9.17) is 11.6 Å². The van der Waals surface area contributed by atoms with Gasteiger partial charge in [0.25, 0.3) is 0 Å². The SMILES string of the molecule is C/C=C/C(C(=O)Nc1ccccc1Cl)C1(O)C=CCC1. The predicted octanol–water partition coefficient (Wildman–Crippen LogP) is 3.55. The number of aliphatic hydroxyl groups is 1. The third kappa shape index (κ3) is 3.11. The van der Waals surface area contributed by atoms with Crippen LogP contribution in [0, 0.1) is 5.92 Å². The summed E-state index contributed by atoms with van der Waals surface area (Å²) in [6, 6.07) is 7.05. The summed E-state index contributed by atoms with van der Waals surface area (Å²) in [7, 11) is 0. The van der Waals surface area contributed by atoms with Crippen molar-refractivity contribution >= 4 is 23.2 Å². The highest BCUT2D eigenvalue weighted by molar-refractivity contribution is 6.33. The summed E-state index contributed by atoms with van der Waals surface area (Å²) < 4.78 is 0. The maximum atomic E-state index is 12.4. The van der Waals surface area contributed by atoms with E-state index < -0.39 is 11.5 Å². The molecule has 2 atom stereocenters. The Hall–Kier alpha value is -1.58. The Kier molecular flexibility index (Phi) is 4.63. The van der Waals surface area contributed by atoms with Crippen molar-refractivity contribution in [3.63, 3.8) is 0 Å². The minimum absolute atomic E-state index is 0.259. The summed E-state index contributed by atoms with van der Waals surface area (Å²) in [4.78, 5) is 12.4. The lowest BCUT2D eigenvalue weighted by molar-refractivity contribution is -0.123. The van der Waals surface area contributed by atoms with Crippen LogP contribution in [-0.2, 0) is 4.79 Å². The maximum absolute atomic E-state index is 12.4. The first-order valence-corrected chi connectivity index (χ1v) is 7.03. The van der Waals surface area contributed by atoms with E-state index >= 15 is 0 Å². The molecule has 1 aliphatic rings. The second-order valence-electron chi connectivity index (χ2n) is 4.90. The largest absolute Gasteiger partial charge is 0.385 e. The fourth-order valence-corrected chi connectivity index (χ4v) is 2.57. The highest BCUT2D eigenvalue weighted by Crippen LogP contribution is 2.33. The standard InChI is InChI=1S/C16H18ClNO2/c1-2-7-12(16(20)10-5-6-11-16)15(19)18-14-9-4-3-8-13(14)17/h2-5,7-10,12,20H,6,11H2,1H3,(H,18,19)/b7-2+. The molecule has 3 nitrogen and oxygen atoms in total. The molecule has 20 heavy (non-hydrogen) atoms. The fraction of sp³-hybridized carbons (Fsp3) is 0.312. The van der Waals surface area contributed by atoms with Gasteiger partial charge in [-0.25, -0.2) is 0 Å². The molecule has 0 radical (unpaired) electrons. The summed E-state index contributed by atoms with van der Waals surface area (Å²) >= 11 is 6.04. The van der Waals surface area contributed by atoms with Crippen molar-refractivity contribution in [3.05, 3.63) is 53.6 Å². The molecule has 0 saturated carbocycles. The number of benzene rings is 1. The lowest BCUT2D eigenvalue weighted by Gasteiger charge is -2.28. The molecule has 1 aromatic carbocycles. The van der Waals surface area contributed by atoms with Crippen LogP contribution in [0.5, 0.6) is 0 Å². The summed E-state index contributed by atoms with van der Waals surface area (Å²) in [5.74, 6) is -0.882. The van der Waals surface area contributed by atoms with Crippen molar-refractivity contribution in [1.29, 1.82) is 0 Å². The molecule has 2 N–H and O–H groups in total. The summed E-state index contributed by atoms with van der Waals surface area (Å²) in [6.07, 6.45) is 8.45. The lowest BCUT2D eigenvalue weighted by atomic mass is 9.85. The van der Waals surface area contributed by atoms with Gasteiger partial charge in [-0.1, -0.05) is 48.0 Å². The first-order chi connectivity index (χ1) is 9.57. The third-order valence-electron chi connectivity index (χ3n) is 3.46. The Morgan fingerprint density at radius 2 is 2.25 bits per heavy atom. The van der Waals surface area contributed by atoms with Crippen LogP contribution in [0.2, 0.25) is 5.02 Å². The molecule has 2 rings (SSSR count). The van der Waals surface area contributed by atoms with Crippen molar-refractivity contribution in [2.75, 3.05) is 5.32 Å². The number of rotatable bonds is 4.